The molecule has 0 aromatic heterocycles. The van der Waals surface area contributed by atoms with Gasteiger partial charge in [0.1, 0.15) is 31.0 Å². The van der Waals surface area contributed by atoms with E-state index in [0.717, 1.165) is 16.7 Å². The third kappa shape index (κ3) is 8.36. The van der Waals surface area contributed by atoms with Gasteiger partial charge in [-0.25, -0.2) is 0 Å². The Bertz CT molecular complexity index is 1200. The lowest BCUT2D eigenvalue weighted by Crippen LogP contribution is -2.59. The minimum Gasteiger partial charge on any atom is -0.374 e. The van der Waals surface area contributed by atoms with Crippen LogP contribution in [0.1, 0.15) is 23.6 Å². The number of ether oxygens (including phenoxy) is 7. The molecule has 0 N–H and O–H groups in total. The van der Waals surface area contributed by atoms with Crippen molar-refractivity contribution in [1.82, 2.24) is 0 Å². The molecular formula is C31H33F3O7. The van der Waals surface area contributed by atoms with Crippen molar-refractivity contribution < 1.29 is 46.3 Å². The molecule has 2 heterocycles. The minimum atomic E-state index is -4.57. The van der Waals surface area contributed by atoms with Crippen LogP contribution in [0.4, 0.5) is 13.2 Å². The van der Waals surface area contributed by atoms with Gasteiger partial charge in [-0.3, -0.25) is 4.74 Å². The normalized spacial score (nSPS) is 28.0. The average Bonchev–Trinajstić information content (AvgIpc) is 3.31. The molecule has 1 unspecified atom stereocenters. The van der Waals surface area contributed by atoms with Crippen molar-refractivity contribution in [2.75, 3.05) is 13.2 Å². The summed E-state index contributed by atoms with van der Waals surface area (Å²) < 4.78 is 80.6. The Morgan fingerprint density at radius 1 is 0.707 bits per heavy atom. The molecule has 0 saturated carbocycles. The van der Waals surface area contributed by atoms with Crippen molar-refractivity contribution in [3.8, 4) is 0 Å². The number of hydrogen-bond acceptors (Lipinski definition) is 7. The van der Waals surface area contributed by atoms with Gasteiger partial charge in [-0.2, -0.15) is 13.2 Å². The fourth-order valence-corrected chi connectivity index (χ4v) is 4.79. The highest BCUT2D eigenvalue weighted by Crippen LogP contribution is 2.40. The Balaban J connectivity index is 1.37. The number of alkyl halides is 3. The van der Waals surface area contributed by atoms with E-state index < -0.39 is 49.5 Å². The zero-order valence-corrected chi connectivity index (χ0v) is 22.6. The lowest BCUT2D eigenvalue weighted by molar-refractivity contribution is -0.365. The van der Waals surface area contributed by atoms with Crippen molar-refractivity contribution in [2.45, 2.75) is 69.6 Å². The summed E-state index contributed by atoms with van der Waals surface area (Å²) in [5, 5.41) is 0. The number of benzene rings is 3. The van der Waals surface area contributed by atoms with E-state index in [4.69, 9.17) is 33.2 Å². The molecule has 3 aromatic carbocycles. The highest BCUT2D eigenvalue weighted by atomic mass is 19.4. The molecule has 2 fully saturated rings. The van der Waals surface area contributed by atoms with E-state index in [1.54, 1.807) is 0 Å². The first-order valence-electron chi connectivity index (χ1n) is 13.4. The largest absolute Gasteiger partial charge is 0.412 e. The lowest BCUT2D eigenvalue weighted by atomic mass is 9.98. The van der Waals surface area contributed by atoms with E-state index in [2.05, 4.69) is 0 Å². The van der Waals surface area contributed by atoms with Crippen LogP contribution in [-0.2, 0) is 53.0 Å². The van der Waals surface area contributed by atoms with E-state index in [9.17, 15) is 13.2 Å². The summed E-state index contributed by atoms with van der Waals surface area (Å²) in [7, 11) is 0. The van der Waals surface area contributed by atoms with Gasteiger partial charge in [0, 0.05) is 6.92 Å². The molecule has 5 rings (SSSR count). The summed E-state index contributed by atoms with van der Waals surface area (Å²) in [5.41, 5.74) is 2.82. The van der Waals surface area contributed by atoms with Gasteiger partial charge in [0.25, 0.3) is 5.97 Å². The molecular weight excluding hydrogens is 541 g/mol. The molecule has 6 atom stereocenters. The van der Waals surface area contributed by atoms with Crippen molar-refractivity contribution in [3.63, 3.8) is 0 Å². The zero-order valence-electron chi connectivity index (χ0n) is 22.6. The van der Waals surface area contributed by atoms with Crippen LogP contribution in [0.5, 0.6) is 0 Å². The fraction of sp³-hybridized carbons (Fsp3) is 0.419. The Morgan fingerprint density at radius 2 is 1.22 bits per heavy atom. The first-order chi connectivity index (χ1) is 19.8. The maximum Gasteiger partial charge on any atom is 0.412 e. The molecule has 0 radical (unpaired) electrons. The van der Waals surface area contributed by atoms with Crippen LogP contribution in [0, 0.1) is 0 Å². The number of rotatable bonds is 12. The van der Waals surface area contributed by atoms with Crippen molar-refractivity contribution >= 4 is 0 Å². The second-order valence-corrected chi connectivity index (χ2v) is 10.0. The summed E-state index contributed by atoms with van der Waals surface area (Å²) in [5.74, 6) is -2.00. The highest BCUT2D eigenvalue weighted by Gasteiger charge is 2.58. The second-order valence-electron chi connectivity index (χ2n) is 10.0. The van der Waals surface area contributed by atoms with Gasteiger partial charge in [0.15, 0.2) is 6.29 Å². The van der Waals surface area contributed by atoms with Gasteiger partial charge < -0.3 is 28.4 Å². The predicted octanol–water partition coefficient (Wildman–Crippen LogP) is 5.77. The Hall–Kier alpha value is -2.83. The van der Waals surface area contributed by atoms with Gasteiger partial charge >= 0.3 is 6.18 Å². The maximum atomic E-state index is 13.0. The highest BCUT2D eigenvalue weighted by molar-refractivity contribution is 5.15. The van der Waals surface area contributed by atoms with Crippen LogP contribution in [0.25, 0.3) is 0 Å². The SMILES string of the molecule is CC1(OCC(F)(F)F)O[C@H]2O[C@H](COCc3ccccc3)[C@@H](OCc3ccccc3)[C@H](OCc3ccccc3)[C@H]2O1. The topological polar surface area (TPSA) is 64.6 Å². The third-order valence-electron chi connectivity index (χ3n) is 6.73. The van der Waals surface area contributed by atoms with E-state index in [0.29, 0.717) is 6.61 Å². The maximum absolute atomic E-state index is 13.0. The van der Waals surface area contributed by atoms with Gasteiger partial charge in [-0.15, -0.1) is 0 Å². The molecule has 0 aliphatic carbocycles. The summed E-state index contributed by atoms with van der Waals surface area (Å²) in [6.07, 6.45) is -8.73. The van der Waals surface area contributed by atoms with Gasteiger partial charge in [-0.05, 0) is 16.7 Å². The zero-order chi connectivity index (χ0) is 28.7. The van der Waals surface area contributed by atoms with E-state index >= 15 is 0 Å². The van der Waals surface area contributed by atoms with E-state index in [1.165, 1.54) is 6.92 Å². The Kier molecular flexibility index (Phi) is 9.72. The molecule has 10 heteroatoms. The number of fused-ring (bicyclic) bond motifs is 1. The Morgan fingerprint density at radius 3 is 1.76 bits per heavy atom. The predicted molar refractivity (Wildman–Crippen MR) is 141 cm³/mol. The molecule has 2 saturated heterocycles. The first-order valence-corrected chi connectivity index (χ1v) is 13.4. The average molecular weight is 575 g/mol. The first kappa shape index (κ1) is 29.7. The second kappa shape index (κ2) is 13.4. The molecule has 0 bridgehead atoms. The van der Waals surface area contributed by atoms with Crippen LogP contribution in [0.3, 0.4) is 0 Å². The quantitative estimate of drug-likeness (QED) is 0.272. The van der Waals surface area contributed by atoms with Crippen molar-refractivity contribution in [1.29, 1.82) is 0 Å². The van der Waals surface area contributed by atoms with Gasteiger partial charge in [0.2, 0.25) is 0 Å². The van der Waals surface area contributed by atoms with Crippen molar-refractivity contribution in [3.05, 3.63) is 108 Å². The minimum absolute atomic E-state index is 0.117. The van der Waals surface area contributed by atoms with Crippen LogP contribution >= 0.6 is 0 Å². The standard InChI is InChI=1S/C31H33F3O7/c1-30(38-21-31(32,33)34)40-28-27(37-19-24-15-9-4-10-16-24)26(36-18-23-13-7-3-8-14-23)25(39-29(28)41-30)20-35-17-22-11-5-2-6-12-22/h2-16,25-29H,17-21H2,1H3/t25-,26-,27+,28-,29-,30?/m1/s1. The van der Waals surface area contributed by atoms with Crippen LogP contribution < -0.4 is 0 Å². The summed E-state index contributed by atoms with van der Waals surface area (Å²) in [6, 6.07) is 28.8. The van der Waals surface area contributed by atoms with E-state index in [1.807, 2.05) is 91.0 Å². The number of hydrogen-bond donors (Lipinski definition) is 0. The molecule has 41 heavy (non-hydrogen) atoms. The van der Waals surface area contributed by atoms with Gasteiger partial charge in [-0.1, -0.05) is 91.0 Å². The molecule has 0 amide bonds. The van der Waals surface area contributed by atoms with Crippen molar-refractivity contribution in [2.24, 2.45) is 0 Å². The lowest BCUT2D eigenvalue weighted by Gasteiger charge is -2.42. The molecule has 7 nitrogen and oxygen atoms in total. The summed E-state index contributed by atoms with van der Waals surface area (Å²) in [6.45, 7) is 0.646. The third-order valence-corrected chi connectivity index (χ3v) is 6.73. The molecule has 0 spiro atoms. The van der Waals surface area contributed by atoms with Crippen LogP contribution in [0.2, 0.25) is 0 Å². The Labute approximate surface area is 237 Å². The fourth-order valence-electron chi connectivity index (χ4n) is 4.79. The van der Waals surface area contributed by atoms with Crippen LogP contribution in [-0.4, -0.2) is 56.1 Å². The smallest absolute Gasteiger partial charge is 0.374 e. The monoisotopic (exact) mass is 574 g/mol. The van der Waals surface area contributed by atoms with E-state index in [-0.39, 0.29) is 19.8 Å². The summed E-state index contributed by atoms with van der Waals surface area (Å²) in [4.78, 5) is 0. The van der Waals surface area contributed by atoms with Gasteiger partial charge in [0.05, 0.1) is 26.4 Å². The molecule has 220 valence electrons. The molecule has 2 aliphatic rings. The molecule has 2 aliphatic heterocycles. The summed E-state index contributed by atoms with van der Waals surface area (Å²) >= 11 is 0. The number of halogens is 3. The van der Waals surface area contributed by atoms with Crippen LogP contribution in [0.15, 0.2) is 91.0 Å². The molecule has 3 aromatic rings.